The van der Waals surface area contributed by atoms with Gasteiger partial charge in [-0.25, -0.2) is 4.57 Å². The Balaban J connectivity index is 2.24. The van der Waals surface area contributed by atoms with E-state index in [9.17, 15) is 9.67 Å². The fraction of sp³-hybridized carbons (Fsp3) is 0.308. The molecule has 1 N–H and O–H groups in total. The molecule has 3 aromatic carbocycles. The van der Waals surface area contributed by atoms with Gasteiger partial charge in [0, 0.05) is 11.1 Å². The third kappa shape index (κ3) is 5.32. The second kappa shape index (κ2) is 8.43. The molecular formula is C26H31O4P. The van der Waals surface area contributed by atoms with E-state index in [4.69, 9.17) is 9.05 Å². The molecule has 0 saturated heterocycles. The van der Waals surface area contributed by atoms with Crippen molar-refractivity contribution in [1.29, 1.82) is 0 Å². The van der Waals surface area contributed by atoms with E-state index in [-0.39, 0.29) is 16.6 Å². The quantitative estimate of drug-likeness (QED) is 0.437. The highest BCUT2D eigenvalue weighted by Crippen LogP contribution is 2.50. The number of hydrogen-bond acceptors (Lipinski definition) is 4. The zero-order valence-corrected chi connectivity index (χ0v) is 19.9. The minimum atomic E-state index is -3.84. The Morgan fingerprint density at radius 1 is 0.677 bits per heavy atom. The second-order valence-corrected chi connectivity index (χ2v) is 11.6. The number of hydrogen-bond donors (Lipinski definition) is 1. The average Bonchev–Trinajstić information content (AvgIpc) is 2.67. The van der Waals surface area contributed by atoms with Crippen LogP contribution in [0.4, 0.5) is 0 Å². The lowest BCUT2D eigenvalue weighted by atomic mass is 9.79. The molecule has 164 valence electrons. The Labute approximate surface area is 185 Å². The normalized spacial score (nSPS) is 12.5. The Hall–Kier alpha value is -2.71. The summed E-state index contributed by atoms with van der Waals surface area (Å²) in [4.78, 5) is 0. The van der Waals surface area contributed by atoms with Gasteiger partial charge in [-0.1, -0.05) is 77.9 Å². The van der Waals surface area contributed by atoms with Crippen molar-refractivity contribution >= 4 is 12.9 Å². The Kier molecular flexibility index (Phi) is 6.25. The SMILES string of the molecule is CC(C)(C)c1cc(P(=O)(Oc2ccccc2)Oc2ccccc2)cc(C(C)(C)C)c1O. The van der Waals surface area contributed by atoms with Crippen molar-refractivity contribution < 1.29 is 18.7 Å². The van der Waals surface area contributed by atoms with Crippen LogP contribution in [0.5, 0.6) is 17.2 Å². The maximum Gasteiger partial charge on any atom is 0.462 e. The van der Waals surface area contributed by atoms with Crippen LogP contribution in [-0.4, -0.2) is 5.11 Å². The van der Waals surface area contributed by atoms with Crippen molar-refractivity contribution in [3.8, 4) is 17.2 Å². The largest absolute Gasteiger partial charge is 0.507 e. The van der Waals surface area contributed by atoms with Crippen LogP contribution in [0.15, 0.2) is 72.8 Å². The summed E-state index contributed by atoms with van der Waals surface area (Å²) in [6.45, 7) is 12.1. The number of phenolic OH excluding ortho intramolecular Hbond substituents is 1. The van der Waals surface area contributed by atoms with Crippen molar-refractivity contribution in [2.24, 2.45) is 0 Å². The second-order valence-electron chi connectivity index (χ2n) is 9.70. The molecule has 0 heterocycles. The topological polar surface area (TPSA) is 55.8 Å². The number of aromatic hydroxyl groups is 1. The molecule has 0 aliphatic rings. The molecule has 0 aliphatic carbocycles. The van der Waals surface area contributed by atoms with Gasteiger partial charge < -0.3 is 14.2 Å². The van der Waals surface area contributed by atoms with Crippen LogP contribution >= 0.6 is 7.60 Å². The first-order chi connectivity index (χ1) is 14.4. The van der Waals surface area contributed by atoms with Crippen molar-refractivity contribution in [2.45, 2.75) is 52.4 Å². The highest BCUT2D eigenvalue weighted by molar-refractivity contribution is 7.63. The average molecular weight is 439 g/mol. The van der Waals surface area contributed by atoms with Gasteiger partial charge in [0.05, 0.1) is 5.30 Å². The fourth-order valence-corrected chi connectivity index (χ4v) is 4.91. The van der Waals surface area contributed by atoms with Crippen molar-refractivity contribution in [1.82, 2.24) is 0 Å². The van der Waals surface area contributed by atoms with E-state index < -0.39 is 7.60 Å². The van der Waals surface area contributed by atoms with Gasteiger partial charge in [-0.05, 0) is 47.2 Å². The van der Waals surface area contributed by atoms with E-state index >= 15 is 0 Å². The molecule has 3 rings (SSSR count). The van der Waals surface area contributed by atoms with Crippen LogP contribution in [0.2, 0.25) is 0 Å². The molecule has 0 radical (unpaired) electrons. The molecule has 5 heteroatoms. The van der Waals surface area contributed by atoms with Gasteiger partial charge in [-0.3, -0.25) is 0 Å². The number of rotatable bonds is 5. The van der Waals surface area contributed by atoms with Gasteiger partial charge in [-0.15, -0.1) is 0 Å². The fourth-order valence-electron chi connectivity index (χ4n) is 3.29. The summed E-state index contributed by atoms with van der Waals surface area (Å²) in [6, 6.07) is 21.5. The maximum atomic E-state index is 14.3. The third-order valence-corrected chi connectivity index (χ3v) is 6.76. The number of benzene rings is 3. The zero-order valence-electron chi connectivity index (χ0n) is 19.0. The van der Waals surface area contributed by atoms with Crippen LogP contribution in [0.1, 0.15) is 52.7 Å². The first-order valence-corrected chi connectivity index (χ1v) is 11.9. The molecule has 0 spiro atoms. The summed E-state index contributed by atoms with van der Waals surface area (Å²) in [5.41, 5.74) is 0.654. The van der Waals surface area contributed by atoms with Crippen LogP contribution in [0.25, 0.3) is 0 Å². The Morgan fingerprint density at radius 3 is 1.35 bits per heavy atom. The monoisotopic (exact) mass is 438 g/mol. The first kappa shape index (κ1) is 23.0. The van der Waals surface area contributed by atoms with Gasteiger partial charge in [0.2, 0.25) is 0 Å². The van der Waals surface area contributed by atoms with Gasteiger partial charge in [0.25, 0.3) is 0 Å². The smallest absolute Gasteiger partial charge is 0.462 e. The standard InChI is InChI=1S/C26H31O4P/c1-25(2,3)22-17-21(18-23(24(22)27)26(4,5)6)31(28,29-19-13-9-7-10-14-19)30-20-15-11-8-12-16-20/h7-18,27H,1-6H3. The maximum absolute atomic E-state index is 14.3. The Morgan fingerprint density at radius 2 is 1.03 bits per heavy atom. The molecule has 0 saturated carbocycles. The third-order valence-electron chi connectivity index (χ3n) is 4.96. The summed E-state index contributed by atoms with van der Waals surface area (Å²) in [7, 11) is -3.84. The lowest BCUT2D eigenvalue weighted by Gasteiger charge is -2.29. The molecule has 31 heavy (non-hydrogen) atoms. The molecule has 0 aromatic heterocycles. The van der Waals surface area contributed by atoms with Gasteiger partial charge >= 0.3 is 7.60 Å². The van der Waals surface area contributed by atoms with Gasteiger partial charge in [0.1, 0.15) is 17.2 Å². The van der Waals surface area contributed by atoms with Gasteiger partial charge in [0.15, 0.2) is 0 Å². The minimum absolute atomic E-state index is 0.217. The Bertz CT molecular complexity index is 997. The highest BCUT2D eigenvalue weighted by Gasteiger charge is 2.36. The number of para-hydroxylation sites is 2. The summed E-state index contributed by atoms with van der Waals surface area (Å²) in [6.07, 6.45) is 0. The predicted molar refractivity (Wildman–Crippen MR) is 127 cm³/mol. The molecule has 4 nitrogen and oxygen atoms in total. The molecule has 0 aliphatic heterocycles. The molecule has 3 aromatic rings. The summed E-state index contributed by atoms with van der Waals surface area (Å²) in [5, 5.41) is 11.5. The summed E-state index contributed by atoms with van der Waals surface area (Å²) >= 11 is 0. The van der Waals surface area contributed by atoms with Crippen molar-refractivity contribution in [2.75, 3.05) is 0 Å². The first-order valence-electron chi connectivity index (χ1n) is 10.4. The molecule has 0 fully saturated rings. The highest BCUT2D eigenvalue weighted by atomic mass is 31.2. The molecular weight excluding hydrogens is 407 g/mol. The molecule has 0 amide bonds. The summed E-state index contributed by atoms with van der Waals surface area (Å²) in [5.74, 6) is 1.11. The zero-order chi connectivity index (χ0) is 22.9. The van der Waals surface area contributed by atoms with E-state index in [1.165, 1.54) is 0 Å². The van der Waals surface area contributed by atoms with E-state index in [2.05, 4.69) is 0 Å². The lowest BCUT2D eigenvalue weighted by molar-refractivity contribution is 0.398. The van der Waals surface area contributed by atoms with E-state index in [1.807, 2.05) is 77.9 Å². The van der Waals surface area contributed by atoms with Gasteiger partial charge in [-0.2, -0.15) is 0 Å². The molecule has 0 unspecified atom stereocenters. The molecule has 0 atom stereocenters. The molecule has 0 bridgehead atoms. The predicted octanol–water partition coefficient (Wildman–Crippen LogP) is 6.96. The van der Waals surface area contributed by atoms with E-state index in [0.717, 1.165) is 0 Å². The van der Waals surface area contributed by atoms with E-state index in [1.54, 1.807) is 36.4 Å². The minimum Gasteiger partial charge on any atom is -0.507 e. The number of phenols is 1. The van der Waals surface area contributed by atoms with Crippen LogP contribution in [0.3, 0.4) is 0 Å². The van der Waals surface area contributed by atoms with E-state index in [0.29, 0.717) is 27.9 Å². The van der Waals surface area contributed by atoms with Crippen molar-refractivity contribution in [3.63, 3.8) is 0 Å². The lowest BCUT2D eigenvalue weighted by Crippen LogP contribution is -2.24. The van der Waals surface area contributed by atoms with Crippen molar-refractivity contribution in [3.05, 3.63) is 83.9 Å². The van der Waals surface area contributed by atoms with Crippen LogP contribution in [-0.2, 0) is 15.4 Å². The summed E-state index contributed by atoms with van der Waals surface area (Å²) < 4.78 is 26.3. The van der Waals surface area contributed by atoms with Crippen LogP contribution in [0, 0.1) is 0 Å². The van der Waals surface area contributed by atoms with Crippen LogP contribution < -0.4 is 14.4 Å².